The second-order valence-corrected chi connectivity index (χ2v) is 4.06. The summed E-state index contributed by atoms with van der Waals surface area (Å²) in [4.78, 5) is 0. The molecule has 0 radical (unpaired) electrons. The summed E-state index contributed by atoms with van der Waals surface area (Å²) in [5, 5.41) is 3.61. The van der Waals surface area contributed by atoms with E-state index in [1.54, 1.807) is 13.0 Å². The van der Waals surface area contributed by atoms with Crippen LogP contribution in [0.4, 0.5) is 4.39 Å². The first-order valence-electron chi connectivity index (χ1n) is 5.46. The van der Waals surface area contributed by atoms with Crippen LogP contribution >= 0.6 is 11.6 Å². The van der Waals surface area contributed by atoms with Crippen LogP contribution in [0.3, 0.4) is 0 Å². The summed E-state index contributed by atoms with van der Waals surface area (Å²) in [5.74, 6) is 5.42. The summed E-state index contributed by atoms with van der Waals surface area (Å²) < 4.78 is 13.2. The smallest absolute Gasteiger partial charge is 0.125 e. The predicted molar refractivity (Wildman–Crippen MR) is 69.3 cm³/mol. The second kappa shape index (κ2) is 7.29. The molecular weight excluding hydrogens is 239 g/mol. The summed E-state index contributed by atoms with van der Waals surface area (Å²) in [6.07, 6.45) is 0.746. The van der Waals surface area contributed by atoms with Gasteiger partial charge in [0.05, 0.1) is 0 Å². The Kier molecular flexibility index (Phi) is 5.99. The van der Waals surface area contributed by atoms with Crippen LogP contribution in [0.25, 0.3) is 0 Å². The van der Waals surface area contributed by atoms with Crippen molar-refractivity contribution in [1.82, 2.24) is 5.32 Å². The molecule has 1 aromatic rings. The maximum atomic E-state index is 13.2. The minimum absolute atomic E-state index is 0.0955. The molecule has 3 N–H and O–H groups in total. The second-order valence-electron chi connectivity index (χ2n) is 3.62. The van der Waals surface area contributed by atoms with E-state index < -0.39 is 0 Å². The van der Waals surface area contributed by atoms with E-state index in [0.717, 1.165) is 18.5 Å². The number of halogens is 2. The third kappa shape index (κ3) is 4.74. The lowest BCUT2D eigenvalue weighted by molar-refractivity contribution is 0.544. The van der Waals surface area contributed by atoms with E-state index >= 15 is 0 Å². The molecule has 0 saturated heterocycles. The first-order chi connectivity index (χ1) is 8.17. The summed E-state index contributed by atoms with van der Waals surface area (Å²) in [6.45, 7) is 2.91. The number of hydrogen-bond acceptors (Lipinski definition) is 2. The zero-order valence-electron chi connectivity index (χ0n) is 9.76. The Morgan fingerprint density at radius 2 is 2.24 bits per heavy atom. The van der Waals surface area contributed by atoms with E-state index in [1.807, 2.05) is 0 Å². The van der Waals surface area contributed by atoms with E-state index in [9.17, 15) is 4.39 Å². The molecule has 1 atom stereocenters. The van der Waals surface area contributed by atoms with Gasteiger partial charge in [-0.1, -0.05) is 11.6 Å². The highest BCUT2D eigenvalue weighted by Gasteiger charge is 2.10. The van der Waals surface area contributed by atoms with Crippen LogP contribution in [0.5, 0.6) is 0 Å². The molecule has 1 rings (SSSR count). The number of benzene rings is 1. The van der Waals surface area contributed by atoms with Gasteiger partial charge >= 0.3 is 0 Å². The molecule has 2 nitrogen and oxygen atoms in total. The zero-order chi connectivity index (χ0) is 12.7. The zero-order valence-corrected chi connectivity index (χ0v) is 10.5. The number of hydrogen-bond donors (Lipinski definition) is 2. The Morgan fingerprint density at radius 3 is 2.82 bits per heavy atom. The van der Waals surface area contributed by atoms with Crippen LogP contribution in [0.1, 0.15) is 24.9 Å². The third-order valence-electron chi connectivity index (χ3n) is 2.34. The van der Waals surface area contributed by atoms with Gasteiger partial charge in [0.1, 0.15) is 5.82 Å². The highest BCUT2D eigenvalue weighted by molar-refractivity contribution is 6.30. The molecule has 0 saturated carbocycles. The molecule has 0 aliphatic rings. The molecule has 1 unspecified atom stereocenters. The van der Waals surface area contributed by atoms with Gasteiger partial charge in [-0.15, -0.1) is 11.8 Å². The van der Waals surface area contributed by atoms with E-state index in [-0.39, 0.29) is 11.9 Å². The highest BCUT2D eigenvalue weighted by atomic mass is 35.5. The van der Waals surface area contributed by atoms with Gasteiger partial charge in [-0.3, -0.25) is 0 Å². The van der Waals surface area contributed by atoms with Crippen molar-refractivity contribution >= 4 is 11.6 Å². The van der Waals surface area contributed by atoms with Gasteiger partial charge < -0.3 is 11.1 Å². The normalized spacial score (nSPS) is 11.8. The molecule has 0 fully saturated rings. The number of nitrogens with two attached hydrogens (primary N) is 1. The Morgan fingerprint density at radius 1 is 1.47 bits per heavy atom. The molecule has 1 aromatic carbocycles. The van der Waals surface area contributed by atoms with Gasteiger partial charge in [0, 0.05) is 30.6 Å². The van der Waals surface area contributed by atoms with Crippen LogP contribution in [-0.4, -0.2) is 13.1 Å². The van der Waals surface area contributed by atoms with Crippen LogP contribution in [-0.2, 0) is 0 Å². The van der Waals surface area contributed by atoms with Gasteiger partial charge in [0.15, 0.2) is 0 Å². The number of rotatable bonds is 5. The molecule has 0 aromatic heterocycles. The molecule has 0 aliphatic heterocycles. The highest BCUT2D eigenvalue weighted by Crippen LogP contribution is 2.19. The SMILES string of the molecule is CC#CCCNC(CN)c1cc(F)cc(Cl)c1. The average molecular weight is 255 g/mol. The van der Waals surface area contributed by atoms with E-state index in [0.29, 0.717) is 11.6 Å². The minimum Gasteiger partial charge on any atom is -0.329 e. The maximum absolute atomic E-state index is 13.2. The van der Waals surface area contributed by atoms with Crippen LogP contribution in [0.15, 0.2) is 18.2 Å². The molecule has 0 amide bonds. The Balaban J connectivity index is 2.67. The molecule has 0 aliphatic carbocycles. The monoisotopic (exact) mass is 254 g/mol. The van der Waals surface area contributed by atoms with Crippen molar-refractivity contribution in [3.8, 4) is 11.8 Å². The lowest BCUT2D eigenvalue weighted by atomic mass is 10.1. The van der Waals surface area contributed by atoms with Crippen molar-refractivity contribution in [3.63, 3.8) is 0 Å². The van der Waals surface area contributed by atoms with Crippen molar-refractivity contribution < 1.29 is 4.39 Å². The Hall–Kier alpha value is -1.08. The fourth-order valence-corrected chi connectivity index (χ4v) is 1.78. The van der Waals surface area contributed by atoms with Crippen molar-refractivity contribution in [2.45, 2.75) is 19.4 Å². The van der Waals surface area contributed by atoms with Crippen LogP contribution < -0.4 is 11.1 Å². The quantitative estimate of drug-likeness (QED) is 0.626. The molecular formula is C13H16ClFN2. The largest absolute Gasteiger partial charge is 0.329 e. The van der Waals surface area contributed by atoms with Crippen LogP contribution in [0.2, 0.25) is 5.02 Å². The molecule has 0 spiro atoms. The maximum Gasteiger partial charge on any atom is 0.125 e. The van der Waals surface area contributed by atoms with Crippen molar-refractivity contribution in [2.24, 2.45) is 5.73 Å². The molecule has 0 bridgehead atoms. The van der Waals surface area contributed by atoms with Crippen molar-refractivity contribution in [3.05, 3.63) is 34.6 Å². The fourth-order valence-electron chi connectivity index (χ4n) is 1.55. The first kappa shape index (κ1) is 14.0. The Labute approximate surface area is 106 Å². The molecule has 92 valence electrons. The summed E-state index contributed by atoms with van der Waals surface area (Å²) in [6, 6.07) is 4.35. The van der Waals surface area contributed by atoms with Crippen LogP contribution in [0, 0.1) is 17.7 Å². The summed E-state index contributed by atoms with van der Waals surface area (Å²) in [7, 11) is 0. The van der Waals surface area contributed by atoms with E-state index in [4.69, 9.17) is 17.3 Å². The lowest BCUT2D eigenvalue weighted by Gasteiger charge is -2.17. The molecule has 4 heteroatoms. The van der Waals surface area contributed by atoms with E-state index in [1.165, 1.54) is 12.1 Å². The molecule has 17 heavy (non-hydrogen) atoms. The molecule has 0 heterocycles. The summed E-state index contributed by atoms with van der Waals surface area (Å²) >= 11 is 5.80. The topological polar surface area (TPSA) is 38.0 Å². The fraction of sp³-hybridized carbons (Fsp3) is 0.385. The predicted octanol–water partition coefficient (Wildman–Crippen LogP) is 2.48. The lowest BCUT2D eigenvalue weighted by Crippen LogP contribution is -2.29. The van der Waals surface area contributed by atoms with Gasteiger partial charge in [-0.25, -0.2) is 4.39 Å². The third-order valence-corrected chi connectivity index (χ3v) is 2.56. The average Bonchev–Trinajstić information content (AvgIpc) is 2.28. The van der Waals surface area contributed by atoms with Crippen molar-refractivity contribution in [2.75, 3.05) is 13.1 Å². The minimum atomic E-state index is -0.346. The van der Waals surface area contributed by atoms with Gasteiger partial charge in [-0.05, 0) is 30.7 Å². The van der Waals surface area contributed by atoms with Gasteiger partial charge in [0.2, 0.25) is 0 Å². The Bertz CT molecular complexity index is 403. The van der Waals surface area contributed by atoms with Gasteiger partial charge in [-0.2, -0.15) is 0 Å². The van der Waals surface area contributed by atoms with Gasteiger partial charge in [0.25, 0.3) is 0 Å². The first-order valence-corrected chi connectivity index (χ1v) is 5.84. The number of nitrogens with one attached hydrogen (secondary N) is 1. The van der Waals surface area contributed by atoms with Crippen molar-refractivity contribution in [1.29, 1.82) is 0 Å². The standard InChI is InChI=1S/C13H16ClFN2/c1-2-3-4-5-17-13(9-16)10-6-11(14)8-12(15)7-10/h6-8,13,17H,4-5,9,16H2,1H3. The van der Waals surface area contributed by atoms with E-state index in [2.05, 4.69) is 17.2 Å². The summed E-state index contributed by atoms with van der Waals surface area (Å²) in [5.41, 5.74) is 6.42.